The van der Waals surface area contributed by atoms with E-state index in [0.717, 1.165) is 12.3 Å². The molecule has 19 heavy (non-hydrogen) atoms. The van der Waals surface area contributed by atoms with E-state index in [-0.39, 0.29) is 5.02 Å². The fourth-order valence-electron chi connectivity index (χ4n) is 1.68. The number of benzene rings is 1. The van der Waals surface area contributed by atoms with Crippen LogP contribution in [-0.4, -0.2) is 24.5 Å². The third kappa shape index (κ3) is 2.57. The van der Waals surface area contributed by atoms with Crippen LogP contribution < -0.4 is 5.73 Å². The Morgan fingerprint density at radius 3 is 2.42 bits per heavy atom. The van der Waals surface area contributed by atoms with Crippen LogP contribution in [0.4, 0.5) is 10.2 Å². The Morgan fingerprint density at radius 2 is 2.00 bits per heavy atom. The first kappa shape index (κ1) is 13.8. The molecule has 2 aromatic rings. The number of nitrogens with zero attached hydrogens (tertiary/aromatic N) is 2. The normalized spacial score (nSPS) is 11.8. The monoisotopic (exact) mass is 303 g/mol. The van der Waals surface area contributed by atoms with E-state index in [1.807, 2.05) is 0 Å². The summed E-state index contributed by atoms with van der Waals surface area (Å²) in [4.78, 5) is -0.512. The number of hydrogen-bond donors (Lipinski definition) is 1. The van der Waals surface area contributed by atoms with Crippen LogP contribution in [0.1, 0.15) is 0 Å². The minimum Gasteiger partial charge on any atom is -0.384 e. The Labute approximate surface area is 114 Å². The van der Waals surface area contributed by atoms with Crippen molar-refractivity contribution >= 4 is 27.3 Å². The summed E-state index contributed by atoms with van der Waals surface area (Å²) in [6.07, 6.45) is 0.899. The Balaban J connectivity index is 2.64. The molecule has 5 nitrogen and oxygen atoms in total. The lowest BCUT2D eigenvalue weighted by Crippen LogP contribution is -2.02. The molecule has 8 heteroatoms. The van der Waals surface area contributed by atoms with E-state index in [0.29, 0.717) is 17.1 Å². The maximum atomic E-state index is 13.9. The number of nitrogen functional groups attached to an aromatic ring is 1. The molecule has 0 fully saturated rings. The molecular weight excluding hydrogens is 293 g/mol. The molecule has 0 aliphatic carbocycles. The summed E-state index contributed by atoms with van der Waals surface area (Å²) in [5.41, 5.74) is 6.41. The van der Waals surface area contributed by atoms with Crippen molar-refractivity contribution in [2.45, 2.75) is 4.90 Å². The highest BCUT2D eigenvalue weighted by molar-refractivity contribution is 7.90. The molecule has 1 heterocycles. The molecule has 2 rings (SSSR count). The van der Waals surface area contributed by atoms with Crippen LogP contribution in [-0.2, 0) is 16.9 Å². The minimum atomic E-state index is -3.72. The SMILES string of the molecule is Cn1nc(-c2cc(F)c(S(C)(=O)=O)c(Cl)c2)cc1N. The number of hydrogen-bond acceptors (Lipinski definition) is 4. The van der Waals surface area contributed by atoms with Crippen molar-refractivity contribution in [1.29, 1.82) is 0 Å². The third-order valence-electron chi connectivity index (χ3n) is 2.58. The average Bonchev–Trinajstić information content (AvgIpc) is 2.56. The van der Waals surface area contributed by atoms with Gasteiger partial charge in [-0.15, -0.1) is 0 Å². The Bertz CT molecular complexity index is 713. The van der Waals surface area contributed by atoms with Gasteiger partial charge in [0.25, 0.3) is 0 Å². The number of sulfone groups is 1. The van der Waals surface area contributed by atoms with Crippen LogP contribution >= 0.6 is 11.6 Å². The maximum Gasteiger partial charge on any atom is 0.179 e. The highest BCUT2D eigenvalue weighted by Gasteiger charge is 2.20. The molecule has 0 aliphatic rings. The quantitative estimate of drug-likeness (QED) is 0.918. The average molecular weight is 304 g/mol. The molecule has 0 atom stereocenters. The number of nitrogens with two attached hydrogens (primary N) is 1. The molecule has 0 radical (unpaired) electrons. The molecule has 1 aromatic heterocycles. The summed E-state index contributed by atoms with van der Waals surface area (Å²) < 4.78 is 38.1. The Kier molecular flexibility index (Phi) is 3.27. The summed E-state index contributed by atoms with van der Waals surface area (Å²) in [7, 11) is -2.08. The van der Waals surface area contributed by atoms with Crippen molar-refractivity contribution in [1.82, 2.24) is 9.78 Å². The van der Waals surface area contributed by atoms with E-state index < -0.39 is 20.5 Å². The Morgan fingerprint density at radius 1 is 1.37 bits per heavy atom. The first-order valence-corrected chi connectivity index (χ1v) is 7.46. The standard InChI is InChI=1S/C11H11ClFN3O2S/c1-16-10(14)5-9(15-16)6-3-7(12)11(8(13)4-6)19(2,17)18/h3-5H,14H2,1-2H3. The second-order valence-corrected chi connectivity index (χ2v) is 6.48. The number of halogens is 2. The van der Waals surface area contributed by atoms with Gasteiger partial charge in [-0.25, -0.2) is 12.8 Å². The van der Waals surface area contributed by atoms with Gasteiger partial charge in [0, 0.05) is 24.9 Å². The molecule has 0 bridgehead atoms. The maximum absolute atomic E-state index is 13.9. The van der Waals surface area contributed by atoms with Crippen molar-refractivity contribution in [3.8, 4) is 11.3 Å². The molecule has 2 N–H and O–H groups in total. The van der Waals surface area contributed by atoms with E-state index in [1.54, 1.807) is 13.1 Å². The first-order valence-electron chi connectivity index (χ1n) is 5.19. The third-order valence-corrected chi connectivity index (χ3v) is 4.15. The lowest BCUT2D eigenvalue weighted by atomic mass is 10.1. The van der Waals surface area contributed by atoms with E-state index in [2.05, 4.69) is 5.10 Å². The summed E-state index contributed by atoms with van der Waals surface area (Å²) >= 11 is 5.83. The number of aryl methyl sites for hydroxylation is 1. The fraction of sp³-hybridized carbons (Fsp3) is 0.182. The summed E-state index contributed by atoms with van der Waals surface area (Å²) in [5.74, 6) is -0.507. The van der Waals surface area contributed by atoms with E-state index in [4.69, 9.17) is 17.3 Å². The zero-order valence-corrected chi connectivity index (χ0v) is 11.8. The fourth-order valence-corrected chi connectivity index (χ4v) is 3.14. The van der Waals surface area contributed by atoms with E-state index >= 15 is 0 Å². The molecule has 0 unspecified atom stereocenters. The van der Waals surface area contributed by atoms with Gasteiger partial charge in [-0.2, -0.15) is 5.10 Å². The van der Waals surface area contributed by atoms with Crippen LogP contribution in [0, 0.1) is 5.82 Å². The van der Waals surface area contributed by atoms with Gasteiger partial charge in [0.15, 0.2) is 9.84 Å². The number of anilines is 1. The lowest BCUT2D eigenvalue weighted by molar-refractivity contribution is 0.571. The predicted octanol–water partition coefficient (Wildman–Crippen LogP) is 1.87. The van der Waals surface area contributed by atoms with Gasteiger partial charge in [0.2, 0.25) is 0 Å². The molecule has 0 aliphatic heterocycles. The molecule has 0 spiro atoms. The minimum absolute atomic E-state index is 0.179. The highest BCUT2D eigenvalue weighted by Crippen LogP contribution is 2.30. The number of aromatic nitrogens is 2. The van der Waals surface area contributed by atoms with Crippen molar-refractivity contribution in [2.24, 2.45) is 7.05 Å². The van der Waals surface area contributed by atoms with Crippen LogP contribution in [0.15, 0.2) is 23.1 Å². The van der Waals surface area contributed by atoms with Crippen LogP contribution in [0.2, 0.25) is 5.02 Å². The summed E-state index contributed by atoms with van der Waals surface area (Å²) in [6.45, 7) is 0. The van der Waals surface area contributed by atoms with Crippen molar-refractivity contribution < 1.29 is 12.8 Å². The molecule has 0 saturated carbocycles. The van der Waals surface area contributed by atoms with Gasteiger partial charge in [-0.05, 0) is 12.1 Å². The van der Waals surface area contributed by atoms with Crippen LogP contribution in [0.25, 0.3) is 11.3 Å². The number of rotatable bonds is 2. The van der Waals surface area contributed by atoms with Gasteiger partial charge in [-0.3, -0.25) is 4.68 Å². The zero-order valence-electron chi connectivity index (χ0n) is 10.2. The van der Waals surface area contributed by atoms with Gasteiger partial charge in [0.1, 0.15) is 16.5 Å². The summed E-state index contributed by atoms with van der Waals surface area (Å²) in [5, 5.41) is 3.89. The highest BCUT2D eigenvalue weighted by atomic mass is 35.5. The summed E-state index contributed by atoms with van der Waals surface area (Å²) in [6, 6.07) is 3.97. The van der Waals surface area contributed by atoms with Crippen molar-refractivity contribution in [3.05, 3.63) is 29.0 Å². The second kappa shape index (κ2) is 4.50. The smallest absolute Gasteiger partial charge is 0.179 e. The molecule has 1 aromatic carbocycles. The molecular formula is C11H11ClFN3O2S. The van der Waals surface area contributed by atoms with E-state index in [1.165, 1.54) is 10.7 Å². The molecule has 0 saturated heterocycles. The predicted molar refractivity (Wildman–Crippen MR) is 71.1 cm³/mol. The largest absolute Gasteiger partial charge is 0.384 e. The zero-order chi connectivity index (χ0) is 14.4. The van der Waals surface area contributed by atoms with Crippen molar-refractivity contribution in [3.63, 3.8) is 0 Å². The van der Waals surface area contributed by atoms with Gasteiger partial charge in [0.05, 0.1) is 10.7 Å². The first-order chi connectivity index (χ1) is 8.70. The van der Waals surface area contributed by atoms with Crippen LogP contribution in [0.3, 0.4) is 0 Å². The molecule has 0 amide bonds. The van der Waals surface area contributed by atoms with E-state index in [9.17, 15) is 12.8 Å². The van der Waals surface area contributed by atoms with Gasteiger partial charge in [-0.1, -0.05) is 11.6 Å². The molecule has 102 valence electrons. The van der Waals surface area contributed by atoms with Crippen molar-refractivity contribution in [2.75, 3.05) is 12.0 Å². The van der Waals surface area contributed by atoms with Gasteiger partial charge >= 0.3 is 0 Å². The Hall–Kier alpha value is -1.60. The topological polar surface area (TPSA) is 78.0 Å². The van der Waals surface area contributed by atoms with Gasteiger partial charge < -0.3 is 5.73 Å². The van der Waals surface area contributed by atoms with Crippen LogP contribution in [0.5, 0.6) is 0 Å². The second-order valence-electron chi connectivity index (χ2n) is 4.12. The lowest BCUT2D eigenvalue weighted by Gasteiger charge is -2.06.